The third-order valence-corrected chi connectivity index (χ3v) is 2.02. The van der Waals surface area contributed by atoms with Crippen molar-refractivity contribution in [2.75, 3.05) is 13.6 Å². The van der Waals surface area contributed by atoms with Crippen LogP contribution in [0.25, 0.3) is 0 Å². The second-order valence-corrected chi connectivity index (χ2v) is 3.11. The van der Waals surface area contributed by atoms with Crippen molar-refractivity contribution in [1.29, 1.82) is 0 Å². The van der Waals surface area contributed by atoms with Gasteiger partial charge in [0.1, 0.15) is 0 Å². The van der Waals surface area contributed by atoms with Crippen molar-refractivity contribution in [1.82, 2.24) is 5.32 Å². The van der Waals surface area contributed by atoms with E-state index >= 15 is 0 Å². The Bertz CT molecular complexity index is 277. The van der Waals surface area contributed by atoms with Crippen molar-refractivity contribution in [3.05, 3.63) is 35.4 Å². The Morgan fingerprint density at radius 2 is 1.92 bits per heavy atom. The van der Waals surface area contributed by atoms with Gasteiger partial charge in [0.2, 0.25) is 0 Å². The van der Waals surface area contributed by atoms with Crippen LogP contribution in [0.15, 0.2) is 24.3 Å². The molecule has 0 aliphatic rings. The highest BCUT2D eigenvalue weighted by Gasteiger charge is 1.97. The van der Waals surface area contributed by atoms with E-state index in [0.717, 1.165) is 18.5 Å². The summed E-state index contributed by atoms with van der Waals surface area (Å²) in [6, 6.07) is 7.78. The fourth-order valence-electron chi connectivity index (χ4n) is 1.18. The summed E-state index contributed by atoms with van der Waals surface area (Å²) in [4.78, 5) is 11.0. The van der Waals surface area contributed by atoms with Crippen LogP contribution in [0, 0.1) is 0 Å². The molecule has 1 rings (SSSR count). The van der Waals surface area contributed by atoms with Gasteiger partial charge in [-0.1, -0.05) is 24.3 Å². The van der Waals surface area contributed by atoms with Crippen molar-refractivity contribution >= 4 is 5.78 Å². The average molecular weight is 177 g/mol. The first-order valence-electron chi connectivity index (χ1n) is 4.48. The zero-order valence-corrected chi connectivity index (χ0v) is 8.13. The van der Waals surface area contributed by atoms with Gasteiger partial charge in [-0.3, -0.25) is 4.79 Å². The van der Waals surface area contributed by atoms with Crippen LogP contribution in [0.1, 0.15) is 22.8 Å². The van der Waals surface area contributed by atoms with Crippen LogP contribution < -0.4 is 5.32 Å². The van der Waals surface area contributed by atoms with Crippen LogP contribution in [0.4, 0.5) is 0 Å². The fourth-order valence-corrected chi connectivity index (χ4v) is 1.18. The van der Waals surface area contributed by atoms with E-state index in [0.29, 0.717) is 0 Å². The molecule has 0 fully saturated rings. The van der Waals surface area contributed by atoms with Gasteiger partial charge in [0.15, 0.2) is 5.78 Å². The molecule has 0 heterocycles. The van der Waals surface area contributed by atoms with Crippen molar-refractivity contribution in [3.63, 3.8) is 0 Å². The average Bonchev–Trinajstić information content (AvgIpc) is 2.15. The van der Waals surface area contributed by atoms with Crippen molar-refractivity contribution < 1.29 is 4.79 Å². The lowest BCUT2D eigenvalue weighted by Gasteiger charge is -2.01. The van der Waals surface area contributed by atoms with Crippen LogP contribution in [0.2, 0.25) is 0 Å². The maximum absolute atomic E-state index is 11.0. The number of carbonyl (C=O) groups is 1. The van der Waals surface area contributed by atoms with Crippen LogP contribution in [-0.2, 0) is 6.42 Å². The lowest BCUT2D eigenvalue weighted by Crippen LogP contribution is -2.10. The predicted molar refractivity (Wildman–Crippen MR) is 54.1 cm³/mol. The fraction of sp³-hybridized carbons (Fsp3) is 0.364. The molecule has 0 aromatic heterocycles. The molecule has 0 atom stereocenters. The molecule has 2 nitrogen and oxygen atoms in total. The van der Waals surface area contributed by atoms with Gasteiger partial charge in [0.25, 0.3) is 0 Å². The van der Waals surface area contributed by atoms with Gasteiger partial charge in [-0.15, -0.1) is 0 Å². The molecule has 2 heteroatoms. The first kappa shape index (κ1) is 9.93. The van der Waals surface area contributed by atoms with Gasteiger partial charge in [-0.2, -0.15) is 0 Å². The number of hydrogen-bond acceptors (Lipinski definition) is 2. The van der Waals surface area contributed by atoms with E-state index in [1.165, 1.54) is 5.56 Å². The molecule has 1 aromatic carbocycles. The second kappa shape index (κ2) is 4.77. The molecule has 0 aliphatic carbocycles. The summed E-state index contributed by atoms with van der Waals surface area (Å²) >= 11 is 0. The van der Waals surface area contributed by atoms with E-state index in [1.54, 1.807) is 6.92 Å². The highest BCUT2D eigenvalue weighted by Crippen LogP contribution is 2.05. The molecule has 0 radical (unpaired) electrons. The molecule has 0 saturated carbocycles. The first-order valence-corrected chi connectivity index (χ1v) is 4.48. The van der Waals surface area contributed by atoms with E-state index < -0.39 is 0 Å². The van der Waals surface area contributed by atoms with Crippen LogP contribution in [-0.4, -0.2) is 19.4 Å². The van der Waals surface area contributed by atoms with Gasteiger partial charge in [-0.25, -0.2) is 0 Å². The Morgan fingerprint density at radius 3 is 2.38 bits per heavy atom. The van der Waals surface area contributed by atoms with E-state index in [-0.39, 0.29) is 5.78 Å². The number of hydrogen-bond donors (Lipinski definition) is 1. The largest absolute Gasteiger partial charge is 0.319 e. The molecule has 0 unspecified atom stereocenters. The lowest BCUT2D eigenvalue weighted by atomic mass is 10.1. The molecule has 0 spiro atoms. The van der Waals surface area contributed by atoms with Crippen molar-refractivity contribution in [2.45, 2.75) is 13.3 Å². The molecule has 13 heavy (non-hydrogen) atoms. The number of rotatable bonds is 4. The zero-order valence-electron chi connectivity index (χ0n) is 8.13. The number of likely N-dealkylation sites (N-methyl/N-ethyl adjacent to an activating group) is 1. The number of Topliss-reactive ketones (excluding diaryl/α,β-unsaturated/α-hetero) is 1. The summed E-state index contributed by atoms with van der Waals surface area (Å²) in [6.07, 6.45) is 1.01. The zero-order chi connectivity index (χ0) is 9.68. The van der Waals surface area contributed by atoms with Crippen molar-refractivity contribution in [2.24, 2.45) is 0 Å². The normalized spacial score (nSPS) is 10.0. The summed E-state index contributed by atoms with van der Waals surface area (Å²) < 4.78 is 0. The first-order chi connectivity index (χ1) is 6.24. The van der Waals surface area contributed by atoms with Crippen LogP contribution in [0.3, 0.4) is 0 Å². The molecule has 0 bridgehead atoms. The third-order valence-electron chi connectivity index (χ3n) is 2.02. The van der Waals surface area contributed by atoms with Crippen LogP contribution in [0.5, 0.6) is 0 Å². The monoisotopic (exact) mass is 177 g/mol. The summed E-state index contributed by atoms with van der Waals surface area (Å²) in [7, 11) is 1.93. The summed E-state index contributed by atoms with van der Waals surface area (Å²) in [5.74, 6) is 0.125. The quantitative estimate of drug-likeness (QED) is 0.708. The standard InChI is InChI=1S/C11H15NO/c1-9(13)11-5-3-10(4-6-11)7-8-12-2/h3-6,12H,7-8H2,1-2H3. The second-order valence-electron chi connectivity index (χ2n) is 3.11. The van der Waals surface area contributed by atoms with Gasteiger partial charge in [-0.05, 0) is 32.5 Å². The summed E-state index contributed by atoms with van der Waals surface area (Å²) in [5, 5.41) is 3.09. The van der Waals surface area contributed by atoms with Gasteiger partial charge < -0.3 is 5.32 Å². The minimum absolute atomic E-state index is 0.125. The highest BCUT2D eigenvalue weighted by molar-refractivity contribution is 5.93. The molecule has 0 amide bonds. The molecule has 0 aliphatic heterocycles. The maximum atomic E-state index is 11.0. The summed E-state index contributed by atoms with van der Waals surface area (Å²) in [5.41, 5.74) is 2.05. The van der Waals surface area contributed by atoms with Gasteiger partial charge in [0, 0.05) is 5.56 Å². The minimum Gasteiger partial charge on any atom is -0.319 e. The number of benzene rings is 1. The molecule has 0 saturated heterocycles. The summed E-state index contributed by atoms with van der Waals surface area (Å²) in [6.45, 7) is 2.56. The van der Waals surface area contributed by atoms with Gasteiger partial charge in [0.05, 0.1) is 0 Å². The lowest BCUT2D eigenvalue weighted by molar-refractivity contribution is 0.101. The van der Waals surface area contributed by atoms with E-state index in [9.17, 15) is 4.79 Å². The highest BCUT2D eigenvalue weighted by atomic mass is 16.1. The van der Waals surface area contributed by atoms with E-state index in [2.05, 4.69) is 5.32 Å². The Balaban J connectivity index is 2.64. The molecule has 70 valence electrons. The topological polar surface area (TPSA) is 29.1 Å². The Kier molecular flexibility index (Phi) is 3.65. The number of ketones is 1. The smallest absolute Gasteiger partial charge is 0.159 e. The number of carbonyl (C=O) groups excluding carboxylic acids is 1. The van der Waals surface area contributed by atoms with Crippen LogP contribution >= 0.6 is 0 Å². The Hall–Kier alpha value is -1.15. The maximum Gasteiger partial charge on any atom is 0.159 e. The minimum atomic E-state index is 0.125. The van der Waals surface area contributed by atoms with Crippen molar-refractivity contribution in [3.8, 4) is 0 Å². The van der Waals surface area contributed by atoms with E-state index in [4.69, 9.17) is 0 Å². The predicted octanol–water partition coefficient (Wildman–Crippen LogP) is 1.65. The number of nitrogens with one attached hydrogen (secondary N) is 1. The molecular weight excluding hydrogens is 162 g/mol. The van der Waals surface area contributed by atoms with Gasteiger partial charge >= 0.3 is 0 Å². The van der Waals surface area contributed by atoms with E-state index in [1.807, 2.05) is 31.3 Å². The molecule has 1 N–H and O–H groups in total. The molecule has 1 aromatic rings. The Labute approximate surface area is 79.0 Å². The third kappa shape index (κ3) is 2.99. The Morgan fingerprint density at radius 1 is 1.31 bits per heavy atom. The molecular formula is C11H15NO. The SMILES string of the molecule is CNCCc1ccc(C(C)=O)cc1.